The van der Waals surface area contributed by atoms with Crippen molar-refractivity contribution >= 4 is 5.91 Å². The third kappa shape index (κ3) is 5.71. The minimum Gasteiger partial charge on any atom is -0.384 e. The van der Waals surface area contributed by atoms with Crippen LogP contribution in [0.5, 0.6) is 0 Å². The zero-order valence-electron chi connectivity index (χ0n) is 10.7. The smallest absolute Gasteiger partial charge is 0.384 e. The molecule has 1 aromatic heterocycles. The number of alkyl halides is 3. The largest absolute Gasteiger partial charge is 0.391 e. The molecule has 108 valence electrons. The number of aliphatic hydroxyl groups is 1. The van der Waals surface area contributed by atoms with Gasteiger partial charge < -0.3 is 10.4 Å². The van der Waals surface area contributed by atoms with Crippen LogP contribution in [0.2, 0.25) is 0 Å². The van der Waals surface area contributed by atoms with E-state index in [1.54, 1.807) is 0 Å². The van der Waals surface area contributed by atoms with Gasteiger partial charge in [0, 0.05) is 17.8 Å². The molecule has 1 unspecified atom stereocenters. The summed E-state index contributed by atoms with van der Waals surface area (Å²) in [6.45, 7) is 0.976. The molecule has 20 heavy (non-hydrogen) atoms. The van der Waals surface area contributed by atoms with Gasteiger partial charge in [-0.2, -0.15) is 13.2 Å². The zero-order chi connectivity index (χ0) is 15.2. The number of aromatic nitrogens is 1. The highest BCUT2D eigenvalue weighted by atomic mass is 19.4. The average Bonchev–Trinajstić information content (AvgIpc) is 2.34. The molecule has 0 bridgehead atoms. The lowest BCUT2D eigenvalue weighted by atomic mass is 10.2. The highest BCUT2D eigenvalue weighted by molar-refractivity contribution is 5.92. The Hall–Kier alpha value is -2.07. The standard InChI is InChI=1S/C13H13F3N2O2/c1-9(7-13(14,15)16)18-12(20)11-5-4-10(8-17-11)3-2-6-19/h4-5,8-9,19H,6-7H2,1H3,(H,18,20). The van der Waals surface area contributed by atoms with Gasteiger partial charge in [0.05, 0.1) is 6.42 Å². The van der Waals surface area contributed by atoms with E-state index in [0.717, 1.165) is 0 Å². The first kappa shape index (κ1) is 16.0. The number of nitrogens with zero attached hydrogens (tertiary/aromatic N) is 1. The third-order valence-electron chi connectivity index (χ3n) is 2.22. The van der Waals surface area contributed by atoms with Crippen LogP contribution in [0, 0.1) is 11.8 Å². The predicted molar refractivity (Wildman–Crippen MR) is 65.8 cm³/mol. The number of amides is 1. The van der Waals surface area contributed by atoms with Crippen molar-refractivity contribution in [2.24, 2.45) is 0 Å². The maximum Gasteiger partial charge on any atom is 0.391 e. The second-order valence-corrected chi connectivity index (χ2v) is 4.09. The van der Waals surface area contributed by atoms with Crippen LogP contribution in [0.4, 0.5) is 13.2 Å². The summed E-state index contributed by atoms with van der Waals surface area (Å²) in [6, 6.07) is 1.83. The summed E-state index contributed by atoms with van der Waals surface area (Å²) in [5.74, 6) is 4.32. The molecule has 0 radical (unpaired) electrons. The van der Waals surface area contributed by atoms with E-state index in [1.807, 2.05) is 0 Å². The molecule has 0 aliphatic rings. The molecular weight excluding hydrogens is 273 g/mol. The number of halogens is 3. The average molecular weight is 286 g/mol. The molecule has 0 aliphatic heterocycles. The van der Waals surface area contributed by atoms with E-state index < -0.39 is 24.5 Å². The fraction of sp³-hybridized carbons (Fsp3) is 0.385. The Morgan fingerprint density at radius 2 is 2.20 bits per heavy atom. The van der Waals surface area contributed by atoms with Gasteiger partial charge >= 0.3 is 6.18 Å². The van der Waals surface area contributed by atoms with Crippen molar-refractivity contribution in [1.82, 2.24) is 10.3 Å². The van der Waals surface area contributed by atoms with Gasteiger partial charge in [-0.3, -0.25) is 4.79 Å². The molecular formula is C13H13F3N2O2. The molecule has 0 aromatic carbocycles. The summed E-state index contributed by atoms with van der Waals surface area (Å²) < 4.78 is 36.4. The first-order valence-electron chi connectivity index (χ1n) is 5.75. The Balaban J connectivity index is 2.64. The maximum atomic E-state index is 12.1. The number of carbonyl (C=O) groups excluding carboxylic acids is 1. The van der Waals surface area contributed by atoms with E-state index in [9.17, 15) is 18.0 Å². The van der Waals surface area contributed by atoms with Gasteiger partial charge in [-0.05, 0) is 19.1 Å². The number of hydrogen-bond acceptors (Lipinski definition) is 3. The van der Waals surface area contributed by atoms with Crippen molar-refractivity contribution in [1.29, 1.82) is 0 Å². The molecule has 1 amide bonds. The molecule has 7 heteroatoms. The summed E-state index contributed by atoms with van der Waals surface area (Å²) in [7, 11) is 0. The molecule has 0 aliphatic carbocycles. The van der Waals surface area contributed by atoms with E-state index in [1.165, 1.54) is 25.3 Å². The quantitative estimate of drug-likeness (QED) is 0.828. The normalized spacial score (nSPS) is 12.2. The Labute approximate surface area is 114 Å². The Bertz CT molecular complexity index is 515. The molecule has 0 saturated carbocycles. The molecule has 0 saturated heterocycles. The summed E-state index contributed by atoms with van der Waals surface area (Å²) in [4.78, 5) is 15.5. The summed E-state index contributed by atoms with van der Waals surface area (Å²) in [5.41, 5.74) is 0.507. The van der Waals surface area contributed by atoms with Gasteiger partial charge in [-0.25, -0.2) is 4.98 Å². The van der Waals surface area contributed by atoms with E-state index in [2.05, 4.69) is 22.1 Å². The van der Waals surface area contributed by atoms with Crippen LogP contribution in [0.15, 0.2) is 18.3 Å². The molecule has 0 spiro atoms. The molecule has 1 atom stereocenters. The lowest BCUT2D eigenvalue weighted by Gasteiger charge is -2.15. The molecule has 4 nitrogen and oxygen atoms in total. The van der Waals surface area contributed by atoms with Crippen molar-refractivity contribution in [3.8, 4) is 11.8 Å². The van der Waals surface area contributed by atoms with Crippen molar-refractivity contribution in [3.05, 3.63) is 29.6 Å². The monoisotopic (exact) mass is 286 g/mol. The van der Waals surface area contributed by atoms with Crippen LogP contribution in [-0.4, -0.2) is 34.8 Å². The zero-order valence-corrected chi connectivity index (χ0v) is 10.7. The first-order valence-corrected chi connectivity index (χ1v) is 5.75. The topological polar surface area (TPSA) is 62.2 Å². The van der Waals surface area contributed by atoms with Crippen molar-refractivity contribution in [2.75, 3.05) is 6.61 Å². The highest BCUT2D eigenvalue weighted by Gasteiger charge is 2.30. The van der Waals surface area contributed by atoms with Crippen LogP contribution in [0.25, 0.3) is 0 Å². The second-order valence-electron chi connectivity index (χ2n) is 4.09. The SMILES string of the molecule is CC(CC(F)(F)F)NC(=O)c1ccc(C#CCO)cn1. The first-order chi connectivity index (χ1) is 9.31. The minimum atomic E-state index is -4.33. The minimum absolute atomic E-state index is 0.00794. The number of rotatable bonds is 3. The van der Waals surface area contributed by atoms with Crippen molar-refractivity contribution < 1.29 is 23.1 Å². The fourth-order valence-electron chi connectivity index (χ4n) is 1.44. The van der Waals surface area contributed by atoms with E-state index in [0.29, 0.717) is 5.56 Å². The summed E-state index contributed by atoms with van der Waals surface area (Å²) in [6.07, 6.45) is -4.12. The fourth-order valence-corrected chi connectivity index (χ4v) is 1.44. The van der Waals surface area contributed by atoms with Gasteiger partial charge in [-0.15, -0.1) is 0 Å². The number of hydrogen-bond donors (Lipinski definition) is 2. The highest BCUT2D eigenvalue weighted by Crippen LogP contribution is 2.21. The lowest BCUT2D eigenvalue weighted by molar-refractivity contribution is -0.138. The molecule has 0 fully saturated rings. The molecule has 1 heterocycles. The number of carbonyl (C=O) groups is 1. The Morgan fingerprint density at radius 1 is 1.50 bits per heavy atom. The Morgan fingerprint density at radius 3 is 2.70 bits per heavy atom. The van der Waals surface area contributed by atoms with Crippen molar-refractivity contribution in [3.63, 3.8) is 0 Å². The summed E-state index contributed by atoms with van der Waals surface area (Å²) >= 11 is 0. The number of nitrogens with one attached hydrogen (secondary N) is 1. The Kier molecular flexibility index (Phi) is 5.53. The maximum absolute atomic E-state index is 12.1. The van der Waals surface area contributed by atoms with Crippen LogP contribution >= 0.6 is 0 Å². The van der Waals surface area contributed by atoms with Crippen LogP contribution in [-0.2, 0) is 0 Å². The van der Waals surface area contributed by atoms with Gasteiger partial charge in [0.1, 0.15) is 12.3 Å². The van der Waals surface area contributed by atoms with E-state index in [4.69, 9.17) is 5.11 Å². The van der Waals surface area contributed by atoms with Gasteiger partial charge in [0.15, 0.2) is 0 Å². The second kappa shape index (κ2) is 6.91. The van der Waals surface area contributed by atoms with Crippen LogP contribution in [0.1, 0.15) is 29.4 Å². The van der Waals surface area contributed by atoms with Gasteiger partial charge in [0.25, 0.3) is 5.91 Å². The number of aliphatic hydroxyl groups excluding tert-OH is 1. The van der Waals surface area contributed by atoms with Crippen molar-refractivity contribution in [2.45, 2.75) is 25.6 Å². The molecule has 1 rings (SSSR count). The van der Waals surface area contributed by atoms with Crippen LogP contribution < -0.4 is 5.32 Å². The van der Waals surface area contributed by atoms with E-state index in [-0.39, 0.29) is 12.3 Å². The predicted octanol–water partition coefficient (Wildman–Crippen LogP) is 1.50. The van der Waals surface area contributed by atoms with Crippen LogP contribution in [0.3, 0.4) is 0 Å². The van der Waals surface area contributed by atoms with E-state index >= 15 is 0 Å². The molecule has 1 aromatic rings. The van der Waals surface area contributed by atoms with Gasteiger partial charge in [-0.1, -0.05) is 11.8 Å². The van der Waals surface area contributed by atoms with Gasteiger partial charge in [0.2, 0.25) is 0 Å². The lowest BCUT2D eigenvalue weighted by Crippen LogP contribution is -2.36. The third-order valence-corrected chi connectivity index (χ3v) is 2.22. The molecule has 2 N–H and O–H groups in total. The summed E-state index contributed by atoms with van der Waals surface area (Å²) in [5, 5.41) is 10.7. The number of pyridine rings is 1.